The van der Waals surface area contributed by atoms with E-state index in [-0.39, 0.29) is 0 Å². The van der Waals surface area contributed by atoms with Gasteiger partial charge in [-0.05, 0) is 47.7 Å². The molecule has 2 aromatic rings. The Kier molecular flexibility index (Phi) is 5.42. The molecule has 0 aliphatic rings. The molecule has 0 aliphatic carbocycles. The van der Waals surface area contributed by atoms with Crippen LogP contribution in [0.25, 0.3) is 11.1 Å². The van der Waals surface area contributed by atoms with Gasteiger partial charge < -0.3 is 9.47 Å². The molecule has 0 saturated heterocycles. The minimum Gasteiger partial charge on any atom is -0.496 e. The fraction of sp³-hybridized carbons (Fsp3) is 0.200. The van der Waals surface area contributed by atoms with E-state index in [1.807, 2.05) is 30.4 Å². The minimum atomic E-state index is 0.767. The highest BCUT2D eigenvalue weighted by Gasteiger charge is 2.13. The molecule has 0 unspecified atom stereocenters. The van der Waals surface area contributed by atoms with E-state index in [9.17, 15) is 0 Å². The first-order chi connectivity index (χ1) is 10.7. The van der Waals surface area contributed by atoms with Gasteiger partial charge >= 0.3 is 0 Å². The smallest absolute Gasteiger partial charge is 0.126 e. The van der Waals surface area contributed by atoms with Crippen LogP contribution in [0.3, 0.4) is 0 Å². The number of ether oxygens (including phenoxy) is 2. The molecule has 0 amide bonds. The number of hydrogen-bond acceptors (Lipinski definition) is 2. The van der Waals surface area contributed by atoms with Crippen molar-refractivity contribution < 1.29 is 9.47 Å². The van der Waals surface area contributed by atoms with Crippen molar-refractivity contribution in [2.75, 3.05) is 14.2 Å². The van der Waals surface area contributed by atoms with Crippen molar-refractivity contribution in [1.82, 2.24) is 0 Å². The van der Waals surface area contributed by atoms with Gasteiger partial charge in [0.2, 0.25) is 0 Å². The van der Waals surface area contributed by atoms with Gasteiger partial charge in [0.1, 0.15) is 11.5 Å². The van der Waals surface area contributed by atoms with Crippen LogP contribution in [0.2, 0.25) is 0 Å². The summed E-state index contributed by atoms with van der Waals surface area (Å²) in [7, 11) is 3.39. The van der Waals surface area contributed by atoms with E-state index in [1.54, 1.807) is 14.2 Å². The second kappa shape index (κ2) is 7.51. The maximum Gasteiger partial charge on any atom is 0.126 e. The Morgan fingerprint density at radius 2 is 1.55 bits per heavy atom. The Balaban J connectivity index is 2.62. The Morgan fingerprint density at radius 3 is 2.18 bits per heavy atom. The average Bonchev–Trinajstić information content (AvgIpc) is 2.55. The largest absolute Gasteiger partial charge is 0.496 e. The molecule has 0 saturated carbocycles. The first kappa shape index (κ1) is 15.9. The second-order valence-corrected chi connectivity index (χ2v) is 5.01. The number of hydrogen-bond donors (Lipinski definition) is 0. The molecule has 2 rings (SSSR count). The maximum atomic E-state index is 5.56. The standard InChI is InChI=1S/C20H22O2/c1-5-8-15-10-7-11-19(22-4)20(15)17-12-13-18(21-3)16(14-17)9-6-2/h5-7,10-14H,1-2,8-9H2,3-4H3. The molecule has 2 nitrogen and oxygen atoms in total. The zero-order chi connectivity index (χ0) is 15.9. The van der Waals surface area contributed by atoms with Crippen LogP contribution >= 0.6 is 0 Å². The SMILES string of the molecule is C=CCc1cc(-c2c(CC=C)cccc2OC)ccc1OC. The lowest BCUT2D eigenvalue weighted by Gasteiger charge is -2.15. The monoisotopic (exact) mass is 294 g/mol. The van der Waals surface area contributed by atoms with Crippen LogP contribution in [0.5, 0.6) is 11.5 Å². The molecule has 0 fully saturated rings. The van der Waals surface area contributed by atoms with Gasteiger partial charge in [-0.3, -0.25) is 0 Å². The zero-order valence-electron chi connectivity index (χ0n) is 13.3. The van der Waals surface area contributed by atoms with E-state index in [0.29, 0.717) is 0 Å². The van der Waals surface area contributed by atoms with Gasteiger partial charge in [-0.2, -0.15) is 0 Å². The molecular weight excluding hydrogens is 272 g/mol. The summed E-state index contributed by atoms with van der Waals surface area (Å²) in [5.41, 5.74) is 4.54. The summed E-state index contributed by atoms with van der Waals surface area (Å²) >= 11 is 0. The molecule has 2 heteroatoms. The van der Waals surface area contributed by atoms with E-state index in [0.717, 1.165) is 41.0 Å². The third kappa shape index (κ3) is 3.22. The first-order valence-electron chi connectivity index (χ1n) is 7.30. The highest BCUT2D eigenvalue weighted by molar-refractivity contribution is 5.75. The van der Waals surface area contributed by atoms with Gasteiger partial charge in [0, 0.05) is 5.56 Å². The summed E-state index contributed by atoms with van der Waals surface area (Å²) in [5.74, 6) is 1.75. The summed E-state index contributed by atoms with van der Waals surface area (Å²) in [4.78, 5) is 0. The molecule has 0 aliphatic heterocycles. The highest BCUT2D eigenvalue weighted by atomic mass is 16.5. The fourth-order valence-corrected chi connectivity index (χ4v) is 2.65. The lowest BCUT2D eigenvalue weighted by molar-refractivity contribution is 0.410. The summed E-state index contributed by atoms with van der Waals surface area (Å²) in [6, 6.07) is 12.3. The molecule has 0 aromatic heterocycles. The average molecular weight is 294 g/mol. The van der Waals surface area contributed by atoms with Gasteiger partial charge in [-0.1, -0.05) is 30.4 Å². The van der Waals surface area contributed by atoms with Crippen LogP contribution in [0.1, 0.15) is 11.1 Å². The molecule has 0 heterocycles. The van der Waals surface area contributed by atoms with Crippen LogP contribution in [0, 0.1) is 0 Å². The second-order valence-electron chi connectivity index (χ2n) is 5.01. The highest BCUT2D eigenvalue weighted by Crippen LogP contribution is 2.36. The van der Waals surface area contributed by atoms with Crippen molar-refractivity contribution in [1.29, 1.82) is 0 Å². The Labute approximate surface area is 132 Å². The van der Waals surface area contributed by atoms with Crippen LogP contribution in [-0.4, -0.2) is 14.2 Å². The Morgan fingerprint density at radius 1 is 0.864 bits per heavy atom. The summed E-state index contributed by atoms with van der Waals surface area (Å²) in [5, 5.41) is 0. The van der Waals surface area contributed by atoms with Crippen molar-refractivity contribution >= 4 is 0 Å². The quantitative estimate of drug-likeness (QED) is 0.681. The number of allylic oxidation sites excluding steroid dienone is 2. The molecule has 0 bridgehead atoms. The van der Waals surface area contributed by atoms with Gasteiger partial charge in [0.25, 0.3) is 0 Å². The van der Waals surface area contributed by atoms with E-state index < -0.39 is 0 Å². The van der Waals surface area contributed by atoms with Gasteiger partial charge in [-0.15, -0.1) is 13.2 Å². The van der Waals surface area contributed by atoms with Gasteiger partial charge in [-0.25, -0.2) is 0 Å². The van der Waals surface area contributed by atoms with E-state index in [1.165, 1.54) is 5.56 Å². The third-order valence-corrected chi connectivity index (χ3v) is 3.63. The topological polar surface area (TPSA) is 18.5 Å². The normalized spacial score (nSPS) is 10.1. The molecular formula is C20H22O2. The van der Waals surface area contributed by atoms with Crippen LogP contribution in [-0.2, 0) is 12.8 Å². The molecule has 0 atom stereocenters. The maximum absolute atomic E-state index is 5.56. The Hall–Kier alpha value is -2.48. The van der Waals surface area contributed by atoms with Crippen molar-refractivity contribution in [2.24, 2.45) is 0 Å². The number of benzene rings is 2. The van der Waals surface area contributed by atoms with Crippen LogP contribution in [0.15, 0.2) is 61.7 Å². The van der Waals surface area contributed by atoms with Gasteiger partial charge in [0.15, 0.2) is 0 Å². The lowest BCUT2D eigenvalue weighted by Crippen LogP contribution is -1.96. The minimum absolute atomic E-state index is 0.767. The molecule has 114 valence electrons. The fourth-order valence-electron chi connectivity index (χ4n) is 2.65. The summed E-state index contributed by atoms with van der Waals surface area (Å²) in [6.07, 6.45) is 5.36. The van der Waals surface area contributed by atoms with Crippen molar-refractivity contribution in [2.45, 2.75) is 12.8 Å². The van der Waals surface area contributed by atoms with Crippen LogP contribution in [0.4, 0.5) is 0 Å². The Bertz CT molecular complexity index is 671. The van der Waals surface area contributed by atoms with Crippen LogP contribution < -0.4 is 9.47 Å². The van der Waals surface area contributed by atoms with E-state index in [2.05, 4.69) is 31.4 Å². The molecule has 0 N–H and O–H groups in total. The third-order valence-electron chi connectivity index (χ3n) is 3.63. The molecule has 22 heavy (non-hydrogen) atoms. The summed E-state index contributed by atoms with van der Waals surface area (Å²) in [6.45, 7) is 7.67. The molecule has 0 radical (unpaired) electrons. The molecule has 0 spiro atoms. The van der Waals surface area contributed by atoms with Crippen molar-refractivity contribution in [3.8, 4) is 22.6 Å². The van der Waals surface area contributed by atoms with Crippen molar-refractivity contribution in [3.63, 3.8) is 0 Å². The van der Waals surface area contributed by atoms with E-state index >= 15 is 0 Å². The van der Waals surface area contributed by atoms with E-state index in [4.69, 9.17) is 9.47 Å². The predicted octanol–water partition coefficient (Wildman–Crippen LogP) is 4.83. The predicted molar refractivity (Wildman–Crippen MR) is 92.8 cm³/mol. The number of rotatable bonds is 7. The van der Waals surface area contributed by atoms with Gasteiger partial charge in [0.05, 0.1) is 14.2 Å². The summed E-state index contributed by atoms with van der Waals surface area (Å²) < 4.78 is 11.0. The van der Waals surface area contributed by atoms with Crippen molar-refractivity contribution in [3.05, 3.63) is 72.8 Å². The lowest BCUT2D eigenvalue weighted by atomic mass is 9.94. The first-order valence-corrected chi connectivity index (χ1v) is 7.30. The zero-order valence-corrected chi connectivity index (χ0v) is 13.3. The number of methoxy groups -OCH3 is 2. The molecule has 2 aromatic carbocycles.